The average Bonchev–Trinajstić information content (AvgIpc) is 3.12. The van der Waals surface area contributed by atoms with Gasteiger partial charge in [0.15, 0.2) is 0 Å². The second kappa shape index (κ2) is 5.55. The third kappa shape index (κ3) is 2.20. The number of fused-ring (bicyclic) bond motifs is 2. The highest BCUT2D eigenvalue weighted by molar-refractivity contribution is 5.75. The molecule has 114 valence electrons. The lowest BCUT2D eigenvalue weighted by molar-refractivity contribution is 0.266. The van der Waals surface area contributed by atoms with E-state index < -0.39 is 0 Å². The lowest BCUT2D eigenvalue weighted by atomic mass is 10.1. The number of imidazole rings is 1. The number of aliphatic hydroxyl groups is 1. The van der Waals surface area contributed by atoms with Crippen molar-refractivity contribution in [2.24, 2.45) is 0 Å². The maximum Gasteiger partial charge on any atom is 0.0962 e. The van der Waals surface area contributed by atoms with Crippen molar-refractivity contribution in [1.29, 1.82) is 0 Å². The first-order valence-corrected chi connectivity index (χ1v) is 7.65. The molecule has 2 N–H and O–H groups in total. The second-order valence-corrected chi connectivity index (χ2v) is 5.61. The monoisotopic (exact) mass is 297 g/mol. The summed E-state index contributed by atoms with van der Waals surface area (Å²) in [6.07, 6.45) is 2.84. The largest absolute Gasteiger partial charge is 0.394 e. The molecule has 0 aliphatic carbocycles. The summed E-state index contributed by atoms with van der Waals surface area (Å²) in [5, 5.41) is 17.4. The molecule has 4 rings (SSSR count). The molecule has 0 radical (unpaired) electrons. The van der Waals surface area contributed by atoms with Gasteiger partial charge < -0.3 is 15.0 Å². The predicted molar refractivity (Wildman–Crippen MR) is 83.6 cm³/mol. The van der Waals surface area contributed by atoms with Gasteiger partial charge in [-0.1, -0.05) is 12.1 Å². The molecule has 0 fully saturated rings. The fraction of sp³-hybridized carbons (Fsp3) is 0.375. The molecule has 1 aliphatic rings. The number of nitrogens with zero attached hydrogens (tertiary/aromatic N) is 4. The summed E-state index contributed by atoms with van der Waals surface area (Å²) < 4.78 is 4.10. The highest BCUT2D eigenvalue weighted by atomic mass is 16.3. The first kappa shape index (κ1) is 13.5. The van der Waals surface area contributed by atoms with Gasteiger partial charge in [-0.3, -0.25) is 4.68 Å². The van der Waals surface area contributed by atoms with Crippen LogP contribution in [0.25, 0.3) is 11.0 Å². The Morgan fingerprint density at radius 1 is 1.27 bits per heavy atom. The zero-order valence-corrected chi connectivity index (χ0v) is 12.4. The summed E-state index contributed by atoms with van der Waals surface area (Å²) in [7, 11) is 0. The minimum atomic E-state index is 0.120. The van der Waals surface area contributed by atoms with Crippen LogP contribution in [0.3, 0.4) is 0 Å². The van der Waals surface area contributed by atoms with E-state index in [2.05, 4.69) is 20.9 Å². The third-order valence-electron chi connectivity index (χ3n) is 4.25. The minimum absolute atomic E-state index is 0.120. The van der Waals surface area contributed by atoms with Crippen LogP contribution in [0.2, 0.25) is 0 Å². The first-order valence-electron chi connectivity index (χ1n) is 7.65. The standard InChI is InChI=1S/C16H19N5O/c22-8-7-21-15-5-6-17-9-12(15)14(19-21)10-20-11-18-13-3-1-2-4-16(13)20/h1-4,11,17,22H,5-10H2. The molecule has 0 amide bonds. The summed E-state index contributed by atoms with van der Waals surface area (Å²) in [6, 6.07) is 8.13. The van der Waals surface area contributed by atoms with Crippen LogP contribution in [0.15, 0.2) is 30.6 Å². The van der Waals surface area contributed by atoms with E-state index in [0.29, 0.717) is 13.1 Å². The highest BCUT2D eigenvalue weighted by Gasteiger charge is 2.20. The van der Waals surface area contributed by atoms with Crippen LogP contribution in [-0.2, 0) is 26.1 Å². The number of benzene rings is 1. The Kier molecular flexibility index (Phi) is 3.40. The molecule has 0 spiro atoms. The minimum Gasteiger partial charge on any atom is -0.394 e. The molecule has 3 heterocycles. The molecule has 6 heteroatoms. The molecule has 3 aromatic rings. The molecule has 0 atom stereocenters. The smallest absolute Gasteiger partial charge is 0.0962 e. The van der Waals surface area contributed by atoms with Gasteiger partial charge in [0.2, 0.25) is 0 Å². The summed E-state index contributed by atoms with van der Waals surface area (Å²) >= 11 is 0. The predicted octanol–water partition coefficient (Wildman–Crippen LogP) is 0.919. The molecular formula is C16H19N5O. The van der Waals surface area contributed by atoms with Crippen LogP contribution >= 0.6 is 0 Å². The van der Waals surface area contributed by atoms with Crippen LogP contribution in [0, 0.1) is 0 Å². The Labute approximate surface area is 128 Å². The third-order valence-corrected chi connectivity index (χ3v) is 4.25. The zero-order chi connectivity index (χ0) is 14.9. The number of hydrogen-bond acceptors (Lipinski definition) is 4. The number of aliphatic hydroxyl groups excluding tert-OH is 1. The van der Waals surface area contributed by atoms with Gasteiger partial charge in [0.25, 0.3) is 0 Å². The SMILES string of the molecule is OCCn1nc(Cn2cnc3ccccc32)c2c1CCNC2. The molecule has 0 saturated heterocycles. The van der Waals surface area contributed by atoms with Gasteiger partial charge in [-0.2, -0.15) is 5.10 Å². The Morgan fingerprint density at radius 2 is 2.18 bits per heavy atom. The molecule has 6 nitrogen and oxygen atoms in total. The normalized spacial score (nSPS) is 14.4. The van der Waals surface area contributed by atoms with Gasteiger partial charge >= 0.3 is 0 Å². The number of para-hydroxylation sites is 2. The number of aromatic nitrogens is 4. The fourth-order valence-corrected chi connectivity index (χ4v) is 3.20. The van der Waals surface area contributed by atoms with Crippen molar-refractivity contribution in [2.75, 3.05) is 13.2 Å². The molecular weight excluding hydrogens is 278 g/mol. The van der Waals surface area contributed by atoms with Crippen LogP contribution in [-0.4, -0.2) is 37.6 Å². The van der Waals surface area contributed by atoms with E-state index >= 15 is 0 Å². The van der Waals surface area contributed by atoms with E-state index in [0.717, 1.165) is 36.2 Å². The van der Waals surface area contributed by atoms with E-state index in [1.807, 2.05) is 29.2 Å². The van der Waals surface area contributed by atoms with E-state index in [4.69, 9.17) is 5.10 Å². The Balaban J connectivity index is 1.73. The summed E-state index contributed by atoms with van der Waals surface area (Å²) in [5.41, 5.74) is 5.73. The number of rotatable bonds is 4. The maximum atomic E-state index is 9.24. The Morgan fingerprint density at radius 3 is 3.09 bits per heavy atom. The van der Waals surface area contributed by atoms with Gasteiger partial charge in [0.1, 0.15) is 0 Å². The van der Waals surface area contributed by atoms with E-state index in [1.54, 1.807) is 0 Å². The van der Waals surface area contributed by atoms with Crippen molar-refractivity contribution in [3.8, 4) is 0 Å². The maximum absolute atomic E-state index is 9.24. The number of hydrogen-bond donors (Lipinski definition) is 2. The topological polar surface area (TPSA) is 67.9 Å². The first-order chi connectivity index (χ1) is 10.9. The molecule has 0 saturated carbocycles. The van der Waals surface area contributed by atoms with Gasteiger partial charge in [0, 0.05) is 30.8 Å². The summed E-state index contributed by atoms with van der Waals surface area (Å²) in [4.78, 5) is 4.44. The molecule has 2 aromatic heterocycles. The molecule has 22 heavy (non-hydrogen) atoms. The molecule has 1 aliphatic heterocycles. The Hall–Kier alpha value is -2.18. The summed E-state index contributed by atoms with van der Waals surface area (Å²) in [5.74, 6) is 0. The fourth-order valence-electron chi connectivity index (χ4n) is 3.20. The van der Waals surface area contributed by atoms with Crippen LogP contribution in [0.5, 0.6) is 0 Å². The van der Waals surface area contributed by atoms with E-state index in [-0.39, 0.29) is 6.61 Å². The van der Waals surface area contributed by atoms with Crippen molar-refractivity contribution in [1.82, 2.24) is 24.6 Å². The average molecular weight is 297 g/mol. The van der Waals surface area contributed by atoms with Crippen molar-refractivity contribution in [3.05, 3.63) is 47.5 Å². The van der Waals surface area contributed by atoms with Crippen molar-refractivity contribution in [2.45, 2.75) is 26.1 Å². The molecule has 1 aromatic carbocycles. The lowest BCUT2D eigenvalue weighted by Gasteiger charge is -2.15. The van der Waals surface area contributed by atoms with Crippen molar-refractivity contribution < 1.29 is 5.11 Å². The highest BCUT2D eigenvalue weighted by Crippen LogP contribution is 2.21. The van der Waals surface area contributed by atoms with Crippen LogP contribution < -0.4 is 5.32 Å². The van der Waals surface area contributed by atoms with Gasteiger partial charge in [-0.15, -0.1) is 0 Å². The summed E-state index contributed by atoms with van der Waals surface area (Å²) in [6.45, 7) is 3.21. The van der Waals surface area contributed by atoms with E-state index in [1.165, 1.54) is 11.3 Å². The zero-order valence-electron chi connectivity index (χ0n) is 12.4. The van der Waals surface area contributed by atoms with E-state index in [9.17, 15) is 5.11 Å². The quantitative estimate of drug-likeness (QED) is 0.751. The van der Waals surface area contributed by atoms with Crippen molar-refractivity contribution >= 4 is 11.0 Å². The van der Waals surface area contributed by atoms with Crippen LogP contribution in [0.1, 0.15) is 17.0 Å². The molecule has 0 bridgehead atoms. The van der Waals surface area contributed by atoms with Gasteiger partial charge in [0.05, 0.1) is 42.8 Å². The molecule has 0 unspecified atom stereocenters. The van der Waals surface area contributed by atoms with Crippen LogP contribution in [0.4, 0.5) is 0 Å². The van der Waals surface area contributed by atoms with Crippen molar-refractivity contribution in [3.63, 3.8) is 0 Å². The second-order valence-electron chi connectivity index (χ2n) is 5.61. The Bertz CT molecular complexity index is 804. The van der Waals surface area contributed by atoms with Gasteiger partial charge in [-0.05, 0) is 12.1 Å². The lowest BCUT2D eigenvalue weighted by Crippen LogP contribution is -2.25. The number of nitrogens with one attached hydrogen (secondary N) is 1. The van der Waals surface area contributed by atoms with Gasteiger partial charge in [-0.25, -0.2) is 4.98 Å².